The molecule has 0 fully saturated rings. The van der Waals surface area contributed by atoms with Crippen molar-refractivity contribution in [3.05, 3.63) is 59.5 Å². The highest BCUT2D eigenvalue weighted by Gasteiger charge is 2.17. The van der Waals surface area contributed by atoms with E-state index in [1.807, 2.05) is 32.3 Å². The summed E-state index contributed by atoms with van der Waals surface area (Å²) in [5, 5.41) is 3.07. The molecule has 0 saturated carbocycles. The molecule has 1 unspecified atom stereocenters. The molecule has 1 atom stereocenters. The third-order valence-corrected chi connectivity index (χ3v) is 3.36. The number of carbonyl (C=O) groups excluding carboxylic acids is 1. The third kappa shape index (κ3) is 4.72. The van der Waals surface area contributed by atoms with Gasteiger partial charge in [-0.15, -0.1) is 0 Å². The summed E-state index contributed by atoms with van der Waals surface area (Å²) in [7, 11) is 3.99. The molecule has 22 heavy (non-hydrogen) atoms. The zero-order chi connectivity index (χ0) is 15.9. The molecule has 0 aliphatic carbocycles. The van der Waals surface area contributed by atoms with Crippen molar-refractivity contribution in [1.82, 2.24) is 10.2 Å². The van der Waals surface area contributed by atoms with E-state index in [0.29, 0.717) is 17.9 Å². The molecule has 1 aromatic heterocycles. The van der Waals surface area contributed by atoms with Crippen molar-refractivity contribution in [2.45, 2.75) is 19.0 Å². The molecule has 0 bridgehead atoms. The second kappa shape index (κ2) is 7.77. The molecule has 0 saturated heterocycles. The molecule has 0 aliphatic heterocycles. The van der Waals surface area contributed by atoms with Crippen LogP contribution in [0, 0.1) is 0 Å². The maximum Gasteiger partial charge on any atom is 0.254 e. The van der Waals surface area contributed by atoms with Crippen LogP contribution in [-0.2, 0) is 13.0 Å². The minimum Gasteiger partial charge on any atom is -0.467 e. The second-order valence-corrected chi connectivity index (χ2v) is 5.63. The van der Waals surface area contributed by atoms with Gasteiger partial charge in [0.05, 0.1) is 12.1 Å². The summed E-state index contributed by atoms with van der Waals surface area (Å²) < 4.78 is 5.22. The maximum atomic E-state index is 12.3. The topological polar surface area (TPSA) is 71.5 Å². The van der Waals surface area contributed by atoms with Gasteiger partial charge in [0.1, 0.15) is 12.0 Å². The van der Waals surface area contributed by atoms with Gasteiger partial charge in [-0.25, -0.2) is 0 Å². The standard InChI is InChI=1S/C17H23N3O2/c1-20(2)11-15(8-13-6-4-3-5-7-13)19-17(21)14-9-16(10-18)22-12-14/h3-7,9,12,15H,8,10-11,18H2,1-2H3,(H,19,21). The quantitative estimate of drug-likeness (QED) is 0.815. The molecular formula is C17H23N3O2. The average Bonchev–Trinajstić information content (AvgIpc) is 2.96. The first-order valence-electron chi connectivity index (χ1n) is 7.35. The summed E-state index contributed by atoms with van der Waals surface area (Å²) in [6.07, 6.45) is 2.24. The zero-order valence-electron chi connectivity index (χ0n) is 13.1. The Labute approximate surface area is 131 Å². The molecule has 3 N–H and O–H groups in total. The van der Waals surface area contributed by atoms with Crippen molar-refractivity contribution in [3.8, 4) is 0 Å². The van der Waals surface area contributed by atoms with Crippen LogP contribution >= 0.6 is 0 Å². The lowest BCUT2D eigenvalue weighted by Crippen LogP contribution is -2.43. The summed E-state index contributed by atoms with van der Waals surface area (Å²) in [4.78, 5) is 14.4. The van der Waals surface area contributed by atoms with Crippen LogP contribution in [-0.4, -0.2) is 37.5 Å². The number of likely N-dealkylation sites (N-methyl/N-ethyl adjacent to an activating group) is 1. The largest absolute Gasteiger partial charge is 0.467 e. The molecule has 0 spiro atoms. The first-order valence-corrected chi connectivity index (χ1v) is 7.35. The van der Waals surface area contributed by atoms with Gasteiger partial charge in [0, 0.05) is 12.6 Å². The molecule has 5 nitrogen and oxygen atoms in total. The summed E-state index contributed by atoms with van der Waals surface area (Å²) >= 11 is 0. The van der Waals surface area contributed by atoms with Gasteiger partial charge in [-0.2, -0.15) is 0 Å². The van der Waals surface area contributed by atoms with Crippen LogP contribution < -0.4 is 11.1 Å². The van der Waals surface area contributed by atoms with E-state index in [-0.39, 0.29) is 11.9 Å². The lowest BCUT2D eigenvalue weighted by Gasteiger charge is -2.22. The lowest BCUT2D eigenvalue weighted by molar-refractivity contribution is 0.0929. The van der Waals surface area contributed by atoms with E-state index in [2.05, 4.69) is 22.3 Å². The Morgan fingerprint density at radius 2 is 2.05 bits per heavy atom. The molecule has 2 rings (SSSR count). The van der Waals surface area contributed by atoms with Gasteiger partial charge in [0.2, 0.25) is 0 Å². The van der Waals surface area contributed by atoms with Crippen molar-refractivity contribution in [3.63, 3.8) is 0 Å². The van der Waals surface area contributed by atoms with Crippen LogP contribution in [0.1, 0.15) is 21.7 Å². The SMILES string of the molecule is CN(C)CC(Cc1ccccc1)NC(=O)c1coc(CN)c1. The molecule has 1 amide bonds. The number of nitrogens with two attached hydrogens (primary N) is 1. The minimum absolute atomic E-state index is 0.0288. The van der Waals surface area contributed by atoms with E-state index in [1.165, 1.54) is 11.8 Å². The van der Waals surface area contributed by atoms with Gasteiger partial charge in [-0.05, 0) is 32.1 Å². The average molecular weight is 301 g/mol. The fourth-order valence-corrected chi connectivity index (χ4v) is 2.38. The van der Waals surface area contributed by atoms with Gasteiger partial charge in [-0.1, -0.05) is 30.3 Å². The Bertz CT molecular complexity index is 593. The Morgan fingerprint density at radius 1 is 1.32 bits per heavy atom. The van der Waals surface area contributed by atoms with Crippen LogP contribution in [0.3, 0.4) is 0 Å². The number of hydrogen-bond acceptors (Lipinski definition) is 4. The lowest BCUT2D eigenvalue weighted by atomic mass is 10.1. The molecule has 1 aromatic carbocycles. The van der Waals surface area contributed by atoms with Gasteiger partial charge in [0.15, 0.2) is 0 Å². The number of amides is 1. The van der Waals surface area contributed by atoms with E-state index in [0.717, 1.165) is 13.0 Å². The second-order valence-electron chi connectivity index (χ2n) is 5.63. The summed E-state index contributed by atoms with van der Waals surface area (Å²) in [6.45, 7) is 1.06. The predicted octanol–water partition coefficient (Wildman–Crippen LogP) is 1.64. The van der Waals surface area contributed by atoms with Gasteiger partial charge >= 0.3 is 0 Å². The molecule has 2 aromatic rings. The predicted molar refractivity (Wildman–Crippen MR) is 86.6 cm³/mol. The van der Waals surface area contributed by atoms with Gasteiger partial charge in [-0.3, -0.25) is 4.79 Å². The maximum absolute atomic E-state index is 12.3. The normalized spacial score (nSPS) is 12.4. The van der Waals surface area contributed by atoms with Crippen molar-refractivity contribution >= 4 is 5.91 Å². The van der Waals surface area contributed by atoms with E-state index in [9.17, 15) is 4.79 Å². The Morgan fingerprint density at radius 3 is 2.64 bits per heavy atom. The summed E-state index contributed by atoms with van der Waals surface area (Å²) in [5.41, 5.74) is 7.21. The molecule has 0 aliphatic rings. The summed E-state index contributed by atoms with van der Waals surface area (Å²) in [6, 6.07) is 11.9. The molecule has 1 heterocycles. The van der Waals surface area contributed by atoms with E-state index >= 15 is 0 Å². The number of nitrogens with zero attached hydrogens (tertiary/aromatic N) is 1. The zero-order valence-corrected chi connectivity index (χ0v) is 13.1. The number of carbonyl (C=O) groups is 1. The Balaban J connectivity index is 2.03. The third-order valence-electron chi connectivity index (χ3n) is 3.36. The number of furan rings is 1. The molecule has 118 valence electrons. The van der Waals surface area contributed by atoms with Crippen molar-refractivity contribution in [2.75, 3.05) is 20.6 Å². The molecular weight excluding hydrogens is 278 g/mol. The minimum atomic E-state index is -0.133. The summed E-state index contributed by atoms with van der Waals surface area (Å²) in [5.74, 6) is 0.476. The molecule has 5 heteroatoms. The first-order chi connectivity index (χ1) is 10.6. The van der Waals surface area contributed by atoms with E-state index < -0.39 is 0 Å². The van der Waals surface area contributed by atoms with Crippen molar-refractivity contribution in [1.29, 1.82) is 0 Å². The van der Waals surface area contributed by atoms with Crippen LogP contribution in [0.25, 0.3) is 0 Å². The number of rotatable bonds is 7. The van der Waals surface area contributed by atoms with Crippen molar-refractivity contribution in [2.24, 2.45) is 5.73 Å². The van der Waals surface area contributed by atoms with Gasteiger partial charge < -0.3 is 20.4 Å². The van der Waals surface area contributed by atoms with Gasteiger partial charge in [0.25, 0.3) is 5.91 Å². The highest BCUT2D eigenvalue weighted by molar-refractivity contribution is 5.94. The number of nitrogens with one attached hydrogen (secondary N) is 1. The smallest absolute Gasteiger partial charge is 0.254 e. The fourth-order valence-electron chi connectivity index (χ4n) is 2.38. The number of hydrogen-bond donors (Lipinski definition) is 2. The molecule has 0 radical (unpaired) electrons. The highest BCUT2D eigenvalue weighted by Crippen LogP contribution is 2.09. The highest BCUT2D eigenvalue weighted by atomic mass is 16.3. The Hall–Kier alpha value is -2.11. The monoisotopic (exact) mass is 301 g/mol. The van der Waals surface area contributed by atoms with Crippen molar-refractivity contribution < 1.29 is 9.21 Å². The Kier molecular flexibility index (Phi) is 5.75. The van der Waals surface area contributed by atoms with Crippen LogP contribution in [0.2, 0.25) is 0 Å². The van der Waals surface area contributed by atoms with E-state index in [1.54, 1.807) is 6.07 Å². The first kappa shape index (κ1) is 16.3. The number of benzene rings is 1. The fraction of sp³-hybridized carbons (Fsp3) is 0.353. The van der Waals surface area contributed by atoms with Crippen LogP contribution in [0.4, 0.5) is 0 Å². The van der Waals surface area contributed by atoms with Crippen LogP contribution in [0.15, 0.2) is 47.1 Å². The van der Waals surface area contributed by atoms with E-state index in [4.69, 9.17) is 10.2 Å². The van der Waals surface area contributed by atoms with Crippen LogP contribution in [0.5, 0.6) is 0 Å².